The number of amides is 1. The first-order chi connectivity index (χ1) is 18.4. The Morgan fingerprint density at radius 3 is 2.45 bits per heavy atom. The number of carbonyl (C=O) groups is 1. The smallest absolute Gasteiger partial charge is 0.271 e. The molecular weight excluding hydrogens is 595 g/mol. The van der Waals surface area contributed by atoms with Crippen LogP contribution in [0, 0.1) is 0 Å². The van der Waals surface area contributed by atoms with E-state index in [2.05, 4.69) is 33.0 Å². The van der Waals surface area contributed by atoms with Gasteiger partial charge in [0.15, 0.2) is 23.0 Å². The Bertz CT molecular complexity index is 1320. The summed E-state index contributed by atoms with van der Waals surface area (Å²) in [6.45, 7) is 8.77. The van der Waals surface area contributed by atoms with Gasteiger partial charge in [0.2, 0.25) is 0 Å². The molecule has 3 rings (SSSR count). The standard InChI is InChI=1S/C28H27BrCl2N2O5/c1-4-11-37-24-10-8-19(14-25(24)35-5-2)28(34)33-32-16-18-12-22(29)27(26(13-18)36-6-3)38-17-20-7-9-21(30)15-23(20)31/h4,7-10,12-16H,1,5-6,11,17H2,2-3H3,(H,33,34)/b32-16+. The monoisotopic (exact) mass is 620 g/mol. The van der Waals surface area contributed by atoms with Crippen LogP contribution in [0.5, 0.6) is 23.0 Å². The van der Waals surface area contributed by atoms with Gasteiger partial charge >= 0.3 is 0 Å². The molecule has 1 N–H and O–H groups in total. The van der Waals surface area contributed by atoms with Crippen LogP contribution in [0.1, 0.15) is 35.3 Å². The average Bonchev–Trinajstić information content (AvgIpc) is 2.88. The lowest BCUT2D eigenvalue weighted by molar-refractivity contribution is 0.0954. The summed E-state index contributed by atoms with van der Waals surface area (Å²) >= 11 is 15.8. The molecule has 0 atom stereocenters. The number of halogens is 3. The third kappa shape index (κ3) is 8.15. The van der Waals surface area contributed by atoms with Crippen molar-refractivity contribution in [2.75, 3.05) is 19.8 Å². The molecule has 3 aromatic carbocycles. The van der Waals surface area contributed by atoms with Gasteiger partial charge < -0.3 is 18.9 Å². The first kappa shape index (κ1) is 29.4. The molecule has 1 amide bonds. The maximum atomic E-state index is 12.7. The molecule has 200 valence electrons. The molecule has 0 aliphatic carbocycles. The van der Waals surface area contributed by atoms with Crippen LogP contribution in [0.4, 0.5) is 0 Å². The van der Waals surface area contributed by atoms with Crippen LogP contribution in [0.3, 0.4) is 0 Å². The molecule has 0 fully saturated rings. The average molecular weight is 622 g/mol. The van der Waals surface area contributed by atoms with Crippen molar-refractivity contribution in [1.29, 1.82) is 0 Å². The predicted octanol–water partition coefficient (Wildman–Crippen LogP) is 7.46. The van der Waals surface area contributed by atoms with Gasteiger partial charge in [-0.05, 0) is 77.8 Å². The van der Waals surface area contributed by atoms with E-state index in [9.17, 15) is 4.79 Å². The van der Waals surface area contributed by atoms with Gasteiger partial charge in [-0.1, -0.05) is 41.9 Å². The second kappa shape index (κ2) is 14.7. The van der Waals surface area contributed by atoms with Crippen molar-refractivity contribution in [3.05, 3.63) is 92.4 Å². The lowest BCUT2D eigenvalue weighted by Gasteiger charge is -2.15. The zero-order valence-electron chi connectivity index (χ0n) is 20.9. The minimum absolute atomic E-state index is 0.222. The number of ether oxygens (including phenoxy) is 4. The number of rotatable bonds is 13. The summed E-state index contributed by atoms with van der Waals surface area (Å²) in [5.41, 5.74) is 4.37. The molecule has 10 heteroatoms. The normalized spacial score (nSPS) is 10.8. The Morgan fingerprint density at radius 2 is 1.74 bits per heavy atom. The van der Waals surface area contributed by atoms with Gasteiger partial charge in [-0.3, -0.25) is 4.79 Å². The van der Waals surface area contributed by atoms with Gasteiger partial charge in [-0.2, -0.15) is 5.10 Å². The molecule has 0 radical (unpaired) electrons. The predicted molar refractivity (Wildman–Crippen MR) is 154 cm³/mol. The van der Waals surface area contributed by atoms with E-state index in [1.54, 1.807) is 48.5 Å². The van der Waals surface area contributed by atoms with Gasteiger partial charge in [0.05, 0.1) is 23.9 Å². The van der Waals surface area contributed by atoms with Crippen LogP contribution in [0.25, 0.3) is 0 Å². The molecule has 0 heterocycles. The van der Waals surface area contributed by atoms with Crippen LogP contribution in [-0.4, -0.2) is 31.9 Å². The van der Waals surface area contributed by atoms with Crippen LogP contribution >= 0.6 is 39.1 Å². The van der Waals surface area contributed by atoms with Gasteiger partial charge in [-0.25, -0.2) is 5.43 Å². The van der Waals surface area contributed by atoms with E-state index in [1.165, 1.54) is 6.21 Å². The fourth-order valence-electron chi connectivity index (χ4n) is 3.27. The molecule has 3 aromatic rings. The second-order valence-corrected chi connectivity index (χ2v) is 9.38. The van der Waals surface area contributed by atoms with Crippen LogP contribution < -0.4 is 24.4 Å². The highest BCUT2D eigenvalue weighted by molar-refractivity contribution is 9.10. The number of hydrogen-bond donors (Lipinski definition) is 1. The summed E-state index contributed by atoms with van der Waals surface area (Å²) in [5, 5.41) is 5.16. The van der Waals surface area contributed by atoms with Crippen molar-refractivity contribution in [3.8, 4) is 23.0 Å². The first-order valence-corrected chi connectivity index (χ1v) is 13.3. The molecular formula is C28H27BrCl2N2O5. The minimum Gasteiger partial charge on any atom is -0.490 e. The van der Waals surface area contributed by atoms with Crippen LogP contribution in [0.15, 0.2) is 70.8 Å². The van der Waals surface area contributed by atoms with Crippen LogP contribution in [0.2, 0.25) is 10.0 Å². The third-order valence-electron chi connectivity index (χ3n) is 4.96. The summed E-state index contributed by atoms with van der Waals surface area (Å²) < 4.78 is 23.6. The lowest BCUT2D eigenvalue weighted by atomic mass is 10.2. The van der Waals surface area contributed by atoms with Crippen molar-refractivity contribution in [1.82, 2.24) is 5.43 Å². The van der Waals surface area contributed by atoms with Gasteiger partial charge in [0, 0.05) is 21.2 Å². The van der Waals surface area contributed by atoms with Gasteiger partial charge in [-0.15, -0.1) is 0 Å². The quantitative estimate of drug-likeness (QED) is 0.122. The SMILES string of the molecule is C=CCOc1ccc(C(=O)N/N=C/c2cc(Br)c(OCc3ccc(Cl)cc3Cl)c(OCC)c2)cc1OCC. The van der Waals surface area contributed by atoms with E-state index in [4.69, 9.17) is 42.1 Å². The topological polar surface area (TPSA) is 78.4 Å². The van der Waals surface area contributed by atoms with E-state index in [0.29, 0.717) is 68.5 Å². The summed E-state index contributed by atoms with van der Waals surface area (Å²) in [6, 6.07) is 13.7. The molecule has 0 spiro atoms. The molecule has 0 saturated heterocycles. The molecule has 0 aliphatic heterocycles. The Labute approximate surface area is 240 Å². The van der Waals surface area contributed by atoms with Crippen molar-refractivity contribution in [3.63, 3.8) is 0 Å². The molecule has 0 aliphatic rings. The number of benzene rings is 3. The Balaban J connectivity index is 1.72. The van der Waals surface area contributed by atoms with Crippen molar-refractivity contribution >= 4 is 51.3 Å². The lowest BCUT2D eigenvalue weighted by Crippen LogP contribution is -2.17. The van der Waals surface area contributed by atoms with Gasteiger partial charge in [0.1, 0.15) is 13.2 Å². The molecule has 38 heavy (non-hydrogen) atoms. The Kier molecular flexibility index (Phi) is 11.3. The van der Waals surface area contributed by atoms with E-state index in [0.717, 1.165) is 5.56 Å². The fourth-order valence-corrected chi connectivity index (χ4v) is 4.31. The second-order valence-electron chi connectivity index (χ2n) is 7.68. The Hall–Kier alpha value is -3.20. The highest BCUT2D eigenvalue weighted by Crippen LogP contribution is 2.37. The number of nitrogens with one attached hydrogen (secondary N) is 1. The summed E-state index contributed by atoms with van der Waals surface area (Å²) in [6.07, 6.45) is 3.14. The van der Waals surface area contributed by atoms with Gasteiger partial charge in [0.25, 0.3) is 5.91 Å². The van der Waals surface area contributed by atoms with Crippen molar-refractivity contribution in [2.24, 2.45) is 5.10 Å². The fraction of sp³-hybridized carbons (Fsp3) is 0.214. The molecule has 0 bridgehead atoms. The zero-order chi connectivity index (χ0) is 27.5. The number of hydrazone groups is 1. The molecule has 0 unspecified atom stereocenters. The highest BCUT2D eigenvalue weighted by Gasteiger charge is 2.14. The van der Waals surface area contributed by atoms with E-state index >= 15 is 0 Å². The maximum Gasteiger partial charge on any atom is 0.271 e. The highest BCUT2D eigenvalue weighted by atomic mass is 79.9. The minimum atomic E-state index is -0.402. The third-order valence-corrected chi connectivity index (χ3v) is 6.14. The number of nitrogens with zero attached hydrogens (tertiary/aromatic N) is 1. The van der Waals surface area contributed by atoms with E-state index in [-0.39, 0.29) is 6.61 Å². The summed E-state index contributed by atoms with van der Waals surface area (Å²) in [7, 11) is 0. The largest absolute Gasteiger partial charge is 0.490 e. The zero-order valence-corrected chi connectivity index (χ0v) is 24.0. The van der Waals surface area contributed by atoms with E-state index in [1.807, 2.05) is 19.9 Å². The number of carbonyl (C=O) groups excluding carboxylic acids is 1. The molecule has 0 aromatic heterocycles. The molecule has 7 nitrogen and oxygen atoms in total. The van der Waals surface area contributed by atoms with Crippen molar-refractivity contribution in [2.45, 2.75) is 20.5 Å². The van der Waals surface area contributed by atoms with Crippen molar-refractivity contribution < 1.29 is 23.7 Å². The Morgan fingerprint density at radius 1 is 0.974 bits per heavy atom. The summed E-state index contributed by atoms with van der Waals surface area (Å²) in [5.74, 6) is 1.62. The number of hydrogen-bond acceptors (Lipinski definition) is 6. The summed E-state index contributed by atoms with van der Waals surface area (Å²) in [4.78, 5) is 12.7. The van der Waals surface area contributed by atoms with E-state index < -0.39 is 5.91 Å². The van der Waals surface area contributed by atoms with Crippen LogP contribution in [-0.2, 0) is 6.61 Å². The first-order valence-electron chi connectivity index (χ1n) is 11.7. The maximum absolute atomic E-state index is 12.7. The molecule has 0 saturated carbocycles.